The summed E-state index contributed by atoms with van der Waals surface area (Å²) in [5.74, 6) is -0.749. The number of aromatic nitrogens is 2. The Balaban J connectivity index is 1.79. The number of carboxylic acids is 1. The maximum Gasteiger partial charge on any atom is 0.303 e. The molecular weight excluding hydrogens is 389 g/mol. The molecule has 8 heteroatoms. The molecule has 2 aromatic carbocycles. The molecule has 0 unspecified atom stereocenters. The Morgan fingerprint density at radius 2 is 1.97 bits per heavy atom. The van der Waals surface area contributed by atoms with E-state index in [1.807, 2.05) is 12.1 Å². The van der Waals surface area contributed by atoms with Crippen LogP contribution in [-0.4, -0.2) is 32.9 Å². The van der Waals surface area contributed by atoms with Crippen LogP contribution in [-0.2, 0) is 16.1 Å². The molecule has 0 spiro atoms. The molecule has 0 fully saturated rings. The Morgan fingerprint density at radius 3 is 2.67 bits per heavy atom. The van der Waals surface area contributed by atoms with E-state index in [4.69, 9.17) is 14.9 Å². The van der Waals surface area contributed by atoms with Crippen molar-refractivity contribution in [3.05, 3.63) is 70.0 Å². The van der Waals surface area contributed by atoms with Gasteiger partial charge in [0.15, 0.2) is 0 Å². The summed E-state index contributed by atoms with van der Waals surface area (Å²) < 4.78 is 14.9. The number of oxime groups is 1. The van der Waals surface area contributed by atoms with E-state index < -0.39 is 11.8 Å². The third kappa shape index (κ3) is 4.07. The molecule has 1 aliphatic heterocycles. The van der Waals surface area contributed by atoms with Crippen LogP contribution in [0, 0.1) is 5.82 Å². The smallest absolute Gasteiger partial charge is 0.303 e. The van der Waals surface area contributed by atoms with Crippen molar-refractivity contribution in [1.82, 2.24) is 9.55 Å². The van der Waals surface area contributed by atoms with Crippen molar-refractivity contribution in [2.45, 2.75) is 32.1 Å². The largest absolute Gasteiger partial charge is 0.481 e. The maximum atomic E-state index is 13.4. The van der Waals surface area contributed by atoms with Crippen LogP contribution in [0.5, 0.6) is 0 Å². The standard InChI is InChI=1S/C22H20FN3O4/c23-15-6-8-16(9-7-15)26-20(3-1-2-4-21(27)28)24-19-13-14(18-11-12-30-25-18)5-10-17(19)22(26)29/h5-10,13H,1-4,11-12H2,(H,27,28). The summed E-state index contributed by atoms with van der Waals surface area (Å²) in [6, 6.07) is 11.0. The summed E-state index contributed by atoms with van der Waals surface area (Å²) in [6.07, 6.45) is 2.20. The zero-order chi connectivity index (χ0) is 21.1. The SMILES string of the molecule is O=C(O)CCCCc1nc2cc(C3=NOCC3)ccc2c(=O)n1-c1ccc(F)cc1. The molecule has 1 aromatic heterocycles. The third-order valence-electron chi connectivity index (χ3n) is 5.00. The fraction of sp³-hybridized carbons (Fsp3) is 0.273. The van der Waals surface area contributed by atoms with Crippen molar-refractivity contribution < 1.29 is 19.1 Å². The number of hydrogen-bond donors (Lipinski definition) is 1. The number of aliphatic carboxylic acids is 1. The van der Waals surface area contributed by atoms with Gasteiger partial charge in [0.1, 0.15) is 18.2 Å². The van der Waals surface area contributed by atoms with Gasteiger partial charge in [0.25, 0.3) is 5.56 Å². The molecule has 0 bridgehead atoms. The van der Waals surface area contributed by atoms with Gasteiger partial charge in [-0.05, 0) is 49.2 Å². The molecule has 4 rings (SSSR count). The van der Waals surface area contributed by atoms with Gasteiger partial charge in [0.05, 0.1) is 22.3 Å². The Labute approximate surface area is 171 Å². The zero-order valence-corrected chi connectivity index (χ0v) is 16.2. The quantitative estimate of drug-likeness (QED) is 0.603. The first kappa shape index (κ1) is 19.8. The second kappa shape index (κ2) is 8.44. The van der Waals surface area contributed by atoms with Crippen LogP contribution in [0.25, 0.3) is 16.6 Å². The minimum atomic E-state index is -0.860. The van der Waals surface area contributed by atoms with Crippen LogP contribution in [0.15, 0.2) is 52.4 Å². The van der Waals surface area contributed by atoms with Crippen LogP contribution < -0.4 is 5.56 Å². The lowest BCUT2D eigenvalue weighted by atomic mass is 10.1. The predicted octanol–water partition coefficient (Wildman–Crippen LogP) is 3.45. The van der Waals surface area contributed by atoms with Gasteiger partial charge in [-0.2, -0.15) is 0 Å². The summed E-state index contributed by atoms with van der Waals surface area (Å²) in [5.41, 5.74) is 2.46. The van der Waals surface area contributed by atoms with Crippen molar-refractivity contribution in [3.8, 4) is 5.69 Å². The number of halogens is 1. The molecular formula is C22H20FN3O4. The second-order valence-corrected chi connectivity index (χ2v) is 7.10. The lowest BCUT2D eigenvalue weighted by molar-refractivity contribution is -0.137. The number of aryl methyl sites for hydroxylation is 1. The van der Waals surface area contributed by atoms with Gasteiger partial charge in [-0.15, -0.1) is 0 Å². The van der Waals surface area contributed by atoms with Crippen LogP contribution in [0.1, 0.15) is 37.1 Å². The molecule has 0 aliphatic carbocycles. The summed E-state index contributed by atoms with van der Waals surface area (Å²) in [5, 5.41) is 13.3. The topological polar surface area (TPSA) is 93.8 Å². The Kier molecular flexibility index (Phi) is 5.56. The van der Waals surface area contributed by atoms with E-state index in [0.29, 0.717) is 54.7 Å². The first-order valence-electron chi connectivity index (χ1n) is 9.75. The molecule has 0 radical (unpaired) electrons. The number of carboxylic acid groups (broad SMARTS) is 1. The molecule has 2 heterocycles. The van der Waals surface area contributed by atoms with Gasteiger partial charge in [-0.25, -0.2) is 9.37 Å². The molecule has 0 saturated heterocycles. The number of carbonyl (C=O) groups is 1. The highest BCUT2D eigenvalue weighted by Gasteiger charge is 2.16. The first-order chi connectivity index (χ1) is 14.5. The normalized spacial score (nSPS) is 13.3. The predicted molar refractivity (Wildman–Crippen MR) is 110 cm³/mol. The summed E-state index contributed by atoms with van der Waals surface area (Å²) in [7, 11) is 0. The molecule has 0 saturated carbocycles. The number of unbranched alkanes of at least 4 members (excludes halogenated alkanes) is 1. The van der Waals surface area contributed by atoms with E-state index in [-0.39, 0.29) is 12.0 Å². The van der Waals surface area contributed by atoms with Crippen LogP contribution >= 0.6 is 0 Å². The van der Waals surface area contributed by atoms with Gasteiger partial charge >= 0.3 is 5.97 Å². The number of nitrogens with zero attached hydrogens (tertiary/aromatic N) is 3. The highest BCUT2D eigenvalue weighted by molar-refractivity contribution is 6.03. The molecule has 7 nitrogen and oxygen atoms in total. The number of hydrogen-bond acceptors (Lipinski definition) is 5. The fourth-order valence-corrected chi connectivity index (χ4v) is 3.50. The molecule has 1 N–H and O–H groups in total. The van der Waals surface area contributed by atoms with Gasteiger partial charge in [0, 0.05) is 24.8 Å². The van der Waals surface area contributed by atoms with Crippen molar-refractivity contribution in [1.29, 1.82) is 0 Å². The monoisotopic (exact) mass is 409 g/mol. The molecule has 1 aliphatic rings. The van der Waals surface area contributed by atoms with Crippen LogP contribution in [0.2, 0.25) is 0 Å². The second-order valence-electron chi connectivity index (χ2n) is 7.10. The van der Waals surface area contributed by atoms with Crippen LogP contribution in [0.3, 0.4) is 0 Å². The van der Waals surface area contributed by atoms with E-state index in [1.165, 1.54) is 28.8 Å². The number of benzene rings is 2. The third-order valence-corrected chi connectivity index (χ3v) is 5.00. The number of rotatable bonds is 7. The van der Waals surface area contributed by atoms with Crippen molar-refractivity contribution in [3.63, 3.8) is 0 Å². The van der Waals surface area contributed by atoms with E-state index in [2.05, 4.69) is 5.16 Å². The molecule has 0 amide bonds. The minimum Gasteiger partial charge on any atom is -0.481 e. The molecule has 154 valence electrons. The number of fused-ring (bicyclic) bond motifs is 1. The van der Waals surface area contributed by atoms with Gasteiger partial charge in [-0.3, -0.25) is 14.2 Å². The van der Waals surface area contributed by atoms with E-state index in [9.17, 15) is 14.0 Å². The molecule has 30 heavy (non-hydrogen) atoms. The molecule has 0 atom stereocenters. The summed E-state index contributed by atoms with van der Waals surface area (Å²) in [4.78, 5) is 33.9. The van der Waals surface area contributed by atoms with Crippen molar-refractivity contribution in [2.75, 3.05) is 6.61 Å². The fourth-order valence-electron chi connectivity index (χ4n) is 3.50. The zero-order valence-electron chi connectivity index (χ0n) is 16.2. The highest BCUT2D eigenvalue weighted by Crippen LogP contribution is 2.19. The average molecular weight is 409 g/mol. The molecule has 3 aromatic rings. The Morgan fingerprint density at radius 1 is 1.17 bits per heavy atom. The summed E-state index contributed by atoms with van der Waals surface area (Å²) >= 11 is 0. The first-order valence-corrected chi connectivity index (χ1v) is 9.75. The van der Waals surface area contributed by atoms with Gasteiger partial charge in [-0.1, -0.05) is 11.2 Å². The van der Waals surface area contributed by atoms with Gasteiger partial charge in [0.2, 0.25) is 0 Å². The van der Waals surface area contributed by atoms with Crippen molar-refractivity contribution in [2.24, 2.45) is 5.16 Å². The Bertz CT molecular complexity index is 1190. The lowest BCUT2D eigenvalue weighted by Crippen LogP contribution is -2.24. The van der Waals surface area contributed by atoms with E-state index in [0.717, 1.165) is 11.3 Å². The Hall–Kier alpha value is -3.55. The minimum absolute atomic E-state index is 0.0539. The van der Waals surface area contributed by atoms with E-state index in [1.54, 1.807) is 6.07 Å². The summed E-state index contributed by atoms with van der Waals surface area (Å²) in [6.45, 7) is 0.530. The van der Waals surface area contributed by atoms with Crippen LogP contribution in [0.4, 0.5) is 4.39 Å². The maximum absolute atomic E-state index is 13.4. The lowest BCUT2D eigenvalue weighted by Gasteiger charge is -2.14. The average Bonchev–Trinajstić information content (AvgIpc) is 3.27. The van der Waals surface area contributed by atoms with E-state index >= 15 is 0 Å². The van der Waals surface area contributed by atoms with Gasteiger partial charge < -0.3 is 9.94 Å². The van der Waals surface area contributed by atoms with Crippen molar-refractivity contribution >= 4 is 22.6 Å². The highest BCUT2D eigenvalue weighted by atomic mass is 19.1.